The molecule has 0 saturated heterocycles. The molecule has 3 rings (SSSR count). The summed E-state index contributed by atoms with van der Waals surface area (Å²) in [6.07, 6.45) is 0.205. The van der Waals surface area contributed by atoms with Crippen LogP contribution >= 0.6 is 15.9 Å². The lowest BCUT2D eigenvalue weighted by atomic mass is 10.2. The first-order chi connectivity index (χ1) is 11.5. The number of halogens is 1. The van der Waals surface area contributed by atoms with Crippen molar-refractivity contribution in [1.29, 1.82) is 0 Å². The molecule has 1 aromatic carbocycles. The van der Waals surface area contributed by atoms with Crippen LogP contribution < -0.4 is 11.0 Å². The number of aromatic amines is 1. The number of fused-ring (bicyclic) bond motifs is 1. The van der Waals surface area contributed by atoms with Gasteiger partial charge in [0.2, 0.25) is 5.91 Å². The largest absolute Gasteiger partial charge is 0.352 e. The average Bonchev–Trinajstić information content (AvgIpc) is 2.96. The molecule has 0 radical (unpaired) electrons. The van der Waals surface area contributed by atoms with Gasteiger partial charge in [0.1, 0.15) is 0 Å². The number of carbonyl (C=O) groups excluding carboxylic acids is 2. The summed E-state index contributed by atoms with van der Waals surface area (Å²) < 4.78 is 2.43. The smallest absolute Gasteiger partial charge is 0.343 e. The number of hydrogen-bond acceptors (Lipinski definition) is 4. The quantitative estimate of drug-likeness (QED) is 0.789. The molecule has 126 valence electrons. The zero-order valence-electron chi connectivity index (χ0n) is 12.8. The van der Waals surface area contributed by atoms with Crippen molar-refractivity contribution in [3.63, 3.8) is 0 Å². The molecule has 2 amide bonds. The molecule has 0 unspecified atom stereocenters. The maximum atomic E-state index is 12.2. The van der Waals surface area contributed by atoms with Gasteiger partial charge >= 0.3 is 5.69 Å². The average molecular weight is 394 g/mol. The summed E-state index contributed by atoms with van der Waals surface area (Å²) in [5.74, 6) is 0.265. The Labute approximate surface area is 146 Å². The fourth-order valence-electron chi connectivity index (χ4n) is 2.53. The number of rotatable bonds is 4. The molecule has 2 aromatic rings. The highest BCUT2D eigenvalue weighted by Crippen LogP contribution is 2.11. The van der Waals surface area contributed by atoms with E-state index < -0.39 is 0 Å². The van der Waals surface area contributed by atoms with Crippen molar-refractivity contribution in [3.05, 3.63) is 50.6 Å². The highest BCUT2D eigenvalue weighted by molar-refractivity contribution is 9.10. The maximum Gasteiger partial charge on any atom is 0.343 e. The predicted octanol–water partition coefficient (Wildman–Crippen LogP) is 0.496. The van der Waals surface area contributed by atoms with Crippen molar-refractivity contribution in [3.8, 4) is 0 Å². The number of aromatic nitrogens is 3. The van der Waals surface area contributed by atoms with E-state index >= 15 is 0 Å². The van der Waals surface area contributed by atoms with Crippen molar-refractivity contribution in [2.45, 2.75) is 19.5 Å². The van der Waals surface area contributed by atoms with Gasteiger partial charge in [-0.2, -0.15) is 5.10 Å². The summed E-state index contributed by atoms with van der Waals surface area (Å²) in [5, 5.41) is 9.01. The summed E-state index contributed by atoms with van der Waals surface area (Å²) >= 11 is 3.31. The minimum atomic E-state index is -0.251. The molecule has 0 aliphatic carbocycles. The summed E-state index contributed by atoms with van der Waals surface area (Å²) in [4.78, 5) is 37.3. The maximum absolute atomic E-state index is 12.2. The van der Waals surface area contributed by atoms with Gasteiger partial charge in [-0.25, -0.2) is 9.89 Å². The SMILES string of the molecule is O=C(NCCC(=O)N1CCn2c(n[nH]c2=O)C1)c1ccc(Br)cc1. The van der Waals surface area contributed by atoms with E-state index in [0.717, 1.165) is 4.47 Å². The third-order valence-electron chi connectivity index (χ3n) is 3.85. The minimum Gasteiger partial charge on any atom is -0.352 e. The number of nitrogens with zero attached hydrogens (tertiary/aromatic N) is 3. The fourth-order valence-corrected chi connectivity index (χ4v) is 2.79. The lowest BCUT2D eigenvalue weighted by Gasteiger charge is -2.26. The van der Waals surface area contributed by atoms with Gasteiger partial charge in [0.25, 0.3) is 5.91 Å². The lowest BCUT2D eigenvalue weighted by molar-refractivity contribution is -0.132. The molecule has 1 aromatic heterocycles. The minimum absolute atomic E-state index is 0.0761. The van der Waals surface area contributed by atoms with Gasteiger partial charge < -0.3 is 10.2 Å². The van der Waals surface area contributed by atoms with Crippen LogP contribution in [0.2, 0.25) is 0 Å². The van der Waals surface area contributed by atoms with Crippen LogP contribution in [0.1, 0.15) is 22.6 Å². The van der Waals surface area contributed by atoms with Crippen molar-refractivity contribution < 1.29 is 9.59 Å². The van der Waals surface area contributed by atoms with Crippen LogP contribution in [-0.4, -0.2) is 44.6 Å². The monoisotopic (exact) mass is 393 g/mol. The molecule has 24 heavy (non-hydrogen) atoms. The second-order valence-corrected chi connectivity index (χ2v) is 6.34. The summed E-state index contributed by atoms with van der Waals surface area (Å²) in [6.45, 7) is 1.46. The summed E-state index contributed by atoms with van der Waals surface area (Å²) in [7, 11) is 0. The Balaban J connectivity index is 1.48. The van der Waals surface area contributed by atoms with E-state index in [1.165, 1.54) is 4.57 Å². The number of amides is 2. The third kappa shape index (κ3) is 3.56. The Bertz CT molecular complexity index is 811. The number of benzene rings is 1. The molecule has 1 aliphatic rings. The molecule has 0 bridgehead atoms. The zero-order chi connectivity index (χ0) is 17.1. The number of nitrogens with one attached hydrogen (secondary N) is 2. The molecule has 2 N–H and O–H groups in total. The molecular formula is C15H16BrN5O3. The van der Waals surface area contributed by atoms with Crippen molar-refractivity contribution in [2.24, 2.45) is 0 Å². The van der Waals surface area contributed by atoms with Crippen molar-refractivity contribution in [2.75, 3.05) is 13.1 Å². The molecule has 9 heteroatoms. The molecule has 0 spiro atoms. The highest BCUT2D eigenvalue weighted by atomic mass is 79.9. The normalized spacial score (nSPS) is 13.5. The number of hydrogen-bond donors (Lipinski definition) is 2. The molecule has 2 heterocycles. The second-order valence-electron chi connectivity index (χ2n) is 5.42. The van der Waals surface area contributed by atoms with Crippen LogP contribution in [0.3, 0.4) is 0 Å². The van der Waals surface area contributed by atoms with Crippen molar-refractivity contribution >= 4 is 27.7 Å². The first-order valence-corrected chi connectivity index (χ1v) is 8.29. The molecule has 0 saturated carbocycles. The van der Waals surface area contributed by atoms with E-state index in [-0.39, 0.29) is 30.5 Å². The Morgan fingerprint density at radius 2 is 2.00 bits per heavy atom. The van der Waals surface area contributed by atoms with E-state index in [4.69, 9.17) is 0 Å². The van der Waals surface area contributed by atoms with E-state index in [1.54, 1.807) is 29.2 Å². The standard InChI is InChI=1S/C15H16BrN5O3/c16-11-3-1-10(2-4-11)14(23)17-6-5-13(22)20-7-8-21-12(9-20)18-19-15(21)24/h1-4H,5-9H2,(H,17,23)(H,19,24). The second kappa shape index (κ2) is 7.00. The van der Waals surface area contributed by atoms with Crippen LogP contribution in [0.15, 0.2) is 33.5 Å². The molecule has 1 aliphatic heterocycles. The van der Waals surface area contributed by atoms with Gasteiger partial charge in [-0.05, 0) is 24.3 Å². The van der Waals surface area contributed by atoms with E-state index in [1.807, 2.05) is 0 Å². The lowest BCUT2D eigenvalue weighted by Crippen LogP contribution is -2.41. The van der Waals surface area contributed by atoms with Crippen LogP contribution in [0.4, 0.5) is 0 Å². The van der Waals surface area contributed by atoms with Gasteiger partial charge in [-0.15, -0.1) is 0 Å². The predicted molar refractivity (Wildman–Crippen MR) is 89.4 cm³/mol. The third-order valence-corrected chi connectivity index (χ3v) is 4.38. The highest BCUT2D eigenvalue weighted by Gasteiger charge is 2.23. The fraction of sp³-hybridized carbons (Fsp3) is 0.333. The first-order valence-electron chi connectivity index (χ1n) is 7.50. The summed E-state index contributed by atoms with van der Waals surface area (Å²) in [6, 6.07) is 7.00. The van der Waals surface area contributed by atoms with Gasteiger partial charge in [0.05, 0.1) is 6.54 Å². The number of carbonyl (C=O) groups is 2. The van der Waals surface area contributed by atoms with Gasteiger partial charge in [-0.3, -0.25) is 14.2 Å². The summed E-state index contributed by atoms with van der Waals surface area (Å²) in [5.41, 5.74) is 0.294. The van der Waals surface area contributed by atoms with Gasteiger partial charge in [-0.1, -0.05) is 15.9 Å². The van der Waals surface area contributed by atoms with E-state index in [0.29, 0.717) is 31.0 Å². The van der Waals surface area contributed by atoms with Gasteiger partial charge in [0, 0.05) is 36.1 Å². The van der Waals surface area contributed by atoms with Crippen LogP contribution in [0.5, 0.6) is 0 Å². The zero-order valence-corrected chi connectivity index (χ0v) is 14.4. The molecule has 8 nitrogen and oxygen atoms in total. The Hall–Kier alpha value is -2.42. The van der Waals surface area contributed by atoms with Gasteiger partial charge in [0.15, 0.2) is 5.82 Å². The molecule has 0 atom stereocenters. The Morgan fingerprint density at radius 1 is 1.25 bits per heavy atom. The Morgan fingerprint density at radius 3 is 2.75 bits per heavy atom. The van der Waals surface area contributed by atoms with E-state index in [9.17, 15) is 14.4 Å². The van der Waals surface area contributed by atoms with Crippen molar-refractivity contribution in [1.82, 2.24) is 25.0 Å². The number of H-pyrrole nitrogens is 1. The topological polar surface area (TPSA) is 100 Å². The molecular weight excluding hydrogens is 378 g/mol. The first kappa shape index (κ1) is 16.4. The van der Waals surface area contributed by atoms with Crippen LogP contribution in [0.25, 0.3) is 0 Å². The Kier molecular flexibility index (Phi) is 4.79. The van der Waals surface area contributed by atoms with Crippen LogP contribution in [0, 0.1) is 0 Å². The van der Waals surface area contributed by atoms with Crippen LogP contribution in [-0.2, 0) is 17.9 Å². The van der Waals surface area contributed by atoms with E-state index in [2.05, 4.69) is 31.4 Å². The molecule has 0 fully saturated rings.